The number of hydrogen-bond acceptors (Lipinski definition) is 7. The molecule has 4 rings (SSSR count). The third-order valence-corrected chi connectivity index (χ3v) is 4.22. The van der Waals surface area contributed by atoms with E-state index in [1.807, 2.05) is 0 Å². The number of benzene rings is 2. The van der Waals surface area contributed by atoms with Gasteiger partial charge >= 0.3 is 0 Å². The van der Waals surface area contributed by atoms with Gasteiger partial charge in [0, 0.05) is 13.1 Å². The first-order valence-corrected chi connectivity index (χ1v) is 8.33. The van der Waals surface area contributed by atoms with Crippen LogP contribution in [-0.2, 0) is 6.54 Å². The summed E-state index contributed by atoms with van der Waals surface area (Å²) < 4.78 is 1.36. The highest BCUT2D eigenvalue weighted by atomic mass is 16.3. The maximum Gasteiger partial charge on any atom is 0.258 e. The number of tetrazole rings is 1. The number of rotatable bonds is 4. The van der Waals surface area contributed by atoms with Crippen molar-refractivity contribution in [3.05, 3.63) is 70.5 Å². The van der Waals surface area contributed by atoms with Crippen LogP contribution in [0.25, 0.3) is 16.6 Å². The van der Waals surface area contributed by atoms with Gasteiger partial charge in [-0.25, -0.2) is 9.67 Å². The maximum absolute atomic E-state index is 12.7. The first kappa shape index (κ1) is 17.3. The number of nitrogens with one attached hydrogen (secondary N) is 1. The van der Waals surface area contributed by atoms with Gasteiger partial charge in [0.25, 0.3) is 11.5 Å². The summed E-state index contributed by atoms with van der Waals surface area (Å²) in [5, 5.41) is 21.5. The fourth-order valence-corrected chi connectivity index (χ4v) is 2.83. The Morgan fingerprint density at radius 2 is 2.07 bits per heavy atom. The minimum atomic E-state index is -0.420. The topological polar surface area (TPSA) is 130 Å². The highest BCUT2D eigenvalue weighted by Gasteiger charge is 2.18. The lowest BCUT2D eigenvalue weighted by molar-refractivity contribution is 0.0778. The minimum absolute atomic E-state index is 0.0765. The first-order valence-electron chi connectivity index (χ1n) is 8.33. The molecule has 0 bridgehead atoms. The van der Waals surface area contributed by atoms with Crippen LogP contribution >= 0.6 is 0 Å². The normalized spacial score (nSPS) is 10.9. The molecule has 28 heavy (non-hydrogen) atoms. The highest BCUT2D eigenvalue weighted by molar-refractivity contribution is 5.96. The average Bonchev–Trinajstić information content (AvgIpc) is 3.22. The Bertz CT molecular complexity index is 1220. The number of H-pyrrole nitrogens is 1. The molecule has 2 N–H and O–H groups in total. The van der Waals surface area contributed by atoms with Gasteiger partial charge in [-0.05, 0) is 34.7 Å². The zero-order chi connectivity index (χ0) is 19.7. The number of aromatic hydroxyl groups is 1. The van der Waals surface area contributed by atoms with Gasteiger partial charge in [-0.3, -0.25) is 9.59 Å². The van der Waals surface area contributed by atoms with Gasteiger partial charge in [-0.15, -0.1) is 5.10 Å². The summed E-state index contributed by atoms with van der Waals surface area (Å²) in [6.07, 6.45) is 1.38. The number of aromatic nitrogens is 6. The summed E-state index contributed by atoms with van der Waals surface area (Å²) in [6, 6.07) is 11.5. The number of amides is 1. The molecule has 0 aliphatic heterocycles. The summed E-state index contributed by atoms with van der Waals surface area (Å²) in [5.74, 6) is -0.272. The molecule has 0 aliphatic rings. The molecular weight excluding hydrogens is 362 g/mol. The molecule has 0 fully saturated rings. The number of aromatic amines is 1. The van der Waals surface area contributed by atoms with Crippen molar-refractivity contribution in [3.63, 3.8) is 0 Å². The van der Waals surface area contributed by atoms with E-state index in [1.165, 1.54) is 28.0 Å². The second-order valence-corrected chi connectivity index (χ2v) is 6.15. The fourth-order valence-electron chi connectivity index (χ4n) is 2.83. The standard InChI is InChI=1S/C18H15N7O3/c1-24(9-16-20-14-5-3-2-4-12(14)17(27)21-16)18(28)13-7-6-11(8-15(13)26)25-10-19-22-23-25/h2-8,10,26H,9H2,1H3,(H,20,21,27). The number of carbonyl (C=O) groups is 1. The van der Waals surface area contributed by atoms with Crippen molar-refractivity contribution in [1.29, 1.82) is 0 Å². The Hall–Kier alpha value is -4.08. The van der Waals surface area contributed by atoms with Gasteiger partial charge in [0.15, 0.2) is 0 Å². The van der Waals surface area contributed by atoms with Crippen molar-refractivity contribution < 1.29 is 9.90 Å². The van der Waals surface area contributed by atoms with Crippen molar-refractivity contribution in [2.45, 2.75) is 6.54 Å². The van der Waals surface area contributed by atoms with Crippen molar-refractivity contribution in [1.82, 2.24) is 35.1 Å². The van der Waals surface area contributed by atoms with E-state index in [2.05, 4.69) is 25.5 Å². The van der Waals surface area contributed by atoms with Crippen LogP contribution in [0.1, 0.15) is 16.2 Å². The molecule has 2 heterocycles. The fraction of sp³-hybridized carbons (Fsp3) is 0.111. The Morgan fingerprint density at radius 1 is 1.25 bits per heavy atom. The lowest BCUT2D eigenvalue weighted by Gasteiger charge is -2.17. The van der Waals surface area contributed by atoms with Crippen LogP contribution in [0.15, 0.2) is 53.6 Å². The molecule has 0 saturated carbocycles. The summed E-state index contributed by atoms with van der Waals surface area (Å²) in [7, 11) is 1.56. The zero-order valence-corrected chi connectivity index (χ0v) is 14.8. The largest absolute Gasteiger partial charge is 0.507 e. The van der Waals surface area contributed by atoms with E-state index in [1.54, 1.807) is 37.4 Å². The molecule has 0 radical (unpaired) electrons. The van der Waals surface area contributed by atoms with Gasteiger partial charge in [0.05, 0.1) is 28.7 Å². The summed E-state index contributed by atoms with van der Waals surface area (Å²) in [5.41, 5.74) is 0.913. The van der Waals surface area contributed by atoms with Gasteiger partial charge in [0.2, 0.25) is 0 Å². The van der Waals surface area contributed by atoms with E-state index in [-0.39, 0.29) is 23.4 Å². The van der Waals surface area contributed by atoms with Crippen LogP contribution in [0.5, 0.6) is 5.75 Å². The Balaban J connectivity index is 1.58. The third kappa shape index (κ3) is 3.18. The highest BCUT2D eigenvalue weighted by Crippen LogP contribution is 2.22. The minimum Gasteiger partial charge on any atom is -0.507 e. The number of nitrogens with zero attached hydrogens (tertiary/aromatic N) is 6. The number of phenols is 1. The number of phenolic OH excluding ortho intramolecular Hbond substituents is 1. The van der Waals surface area contributed by atoms with Crippen molar-refractivity contribution in [2.75, 3.05) is 7.05 Å². The maximum atomic E-state index is 12.7. The first-order chi connectivity index (χ1) is 13.5. The molecule has 4 aromatic rings. The van der Waals surface area contributed by atoms with Gasteiger partial charge in [-0.2, -0.15) is 0 Å². The van der Waals surface area contributed by atoms with E-state index in [0.717, 1.165) is 0 Å². The molecule has 140 valence electrons. The van der Waals surface area contributed by atoms with E-state index >= 15 is 0 Å². The summed E-state index contributed by atoms with van der Waals surface area (Å²) in [4.78, 5) is 33.3. The summed E-state index contributed by atoms with van der Waals surface area (Å²) in [6.45, 7) is 0.0765. The lowest BCUT2D eigenvalue weighted by atomic mass is 10.1. The van der Waals surface area contributed by atoms with Crippen LogP contribution in [-0.4, -0.2) is 53.1 Å². The molecule has 2 aromatic heterocycles. The number of carbonyl (C=O) groups excluding carboxylic acids is 1. The summed E-state index contributed by atoms with van der Waals surface area (Å²) >= 11 is 0. The van der Waals surface area contributed by atoms with Crippen molar-refractivity contribution in [3.8, 4) is 11.4 Å². The molecule has 10 heteroatoms. The van der Waals surface area contributed by atoms with Crippen LogP contribution < -0.4 is 5.56 Å². The zero-order valence-electron chi connectivity index (χ0n) is 14.8. The monoisotopic (exact) mass is 377 g/mol. The van der Waals surface area contributed by atoms with Gasteiger partial charge < -0.3 is 15.0 Å². The van der Waals surface area contributed by atoms with E-state index in [4.69, 9.17) is 0 Å². The molecule has 0 saturated heterocycles. The molecule has 0 atom stereocenters. The lowest BCUT2D eigenvalue weighted by Crippen LogP contribution is -2.28. The van der Waals surface area contributed by atoms with Crippen LogP contribution in [0, 0.1) is 0 Å². The smallest absolute Gasteiger partial charge is 0.258 e. The second-order valence-electron chi connectivity index (χ2n) is 6.15. The Morgan fingerprint density at radius 3 is 2.82 bits per heavy atom. The second kappa shape index (κ2) is 6.91. The number of hydrogen-bond donors (Lipinski definition) is 2. The van der Waals surface area contributed by atoms with E-state index in [9.17, 15) is 14.7 Å². The van der Waals surface area contributed by atoms with Crippen molar-refractivity contribution >= 4 is 16.8 Å². The Kier molecular flexibility index (Phi) is 4.28. The van der Waals surface area contributed by atoms with E-state index < -0.39 is 5.91 Å². The third-order valence-electron chi connectivity index (χ3n) is 4.22. The molecule has 0 unspecified atom stereocenters. The van der Waals surface area contributed by atoms with Crippen LogP contribution in [0.3, 0.4) is 0 Å². The van der Waals surface area contributed by atoms with Crippen LogP contribution in [0.4, 0.5) is 0 Å². The quantitative estimate of drug-likeness (QED) is 0.540. The SMILES string of the molecule is CN(Cc1nc2ccccc2c(=O)[nH]1)C(=O)c1ccc(-n2cnnn2)cc1O. The molecule has 10 nitrogen and oxygen atoms in total. The number of para-hydroxylation sites is 1. The predicted molar refractivity (Wildman–Crippen MR) is 99.0 cm³/mol. The number of fused-ring (bicyclic) bond motifs is 1. The predicted octanol–water partition coefficient (Wildman–Crippen LogP) is 0.877. The van der Waals surface area contributed by atoms with E-state index in [0.29, 0.717) is 22.4 Å². The average molecular weight is 377 g/mol. The van der Waals surface area contributed by atoms with Crippen molar-refractivity contribution in [2.24, 2.45) is 0 Å². The molecular formula is C18H15N7O3. The van der Waals surface area contributed by atoms with Crippen LogP contribution in [0.2, 0.25) is 0 Å². The van der Waals surface area contributed by atoms with Gasteiger partial charge in [0.1, 0.15) is 17.9 Å². The molecule has 0 spiro atoms. The molecule has 1 amide bonds. The van der Waals surface area contributed by atoms with Gasteiger partial charge in [-0.1, -0.05) is 12.1 Å². The molecule has 0 aliphatic carbocycles. The molecule has 2 aromatic carbocycles. The Labute approximate surface area is 158 Å².